The number of anilines is 2. The van der Waals surface area contributed by atoms with Crippen LogP contribution in [0.5, 0.6) is 11.5 Å². The maximum atomic E-state index is 13.6. The molecule has 1 aliphatic heterocycles. The molecule has 0 saturated carbocycles. The normalized spacial score (nSPS) is 13.8. The van der Waals surface area contributed by atoms with E-state index in [-0.39, 0.29) is 5.91 Å². The number of amides is 1. The van der Waals surface area contributed by atoms with Crippen molar-refractivity contribution in [1.29, 1.82) is 0 Å². The fourth-order valence-corrected chi connectivity index (χ4v) is 3.60. The molecule has 0 bridgehead atoms. The number of alkyl halides is 1. The van der Waals surface area contributed by atoms with Gasteiger partial charge in [0.15, 0.2) is 0 Å². The Bertz CT molecular complexity index is 1080. The van der Waals surface area contributed by atoms with E-state index in [2.05, 4.69) is 20.6 Å². The van der Waals surface area contributed by atoms with Crippen molar-refractivity contribution in [3.8, 4) is 22.8 Å². The summed E-state index contributed by atoms with van der Waals surface area (Å²) in [7, 11) is 0. The van der Waals surface area contributed by atoms with Gasteiger partial charge in [0.25, 0.3) is 5.91 Å². The van der Waals surface area contributed by atoms with Gasteiger partial charge in [0.2, 0.25) is 6.36 Å². The molecule has 0 spiro atoms. The number of hydrogen-bond donors (Lipinski definition) is 3. The summed E-state index contributed by atoms with van der Waals surface area (Å²) in [4.78, 5) is 20.3. The molecular weight excluding hydrogens is 399 g/mol. The highest BCUT2D eigenvalue weighted by molar-refractivity contribution is 6.06. The van der Waals surface area contributed by atoms with Crippen molar-refractivity contribution >= 4 is 17.3 Å². The summed E-state index contributed by atoms with van der Waals surface area (Å²) in [6, 6.07) is 8.89. The molecule has 3 heterocycles. The van der Waals surface area contributed by atoms with Crippen LogP contribution in [0.1, 0.15) is 36.3 Å². The zero-order chi connectivity index (χ0) is 21.8. The van der Waals surface area contributed by atoms with Gasteiger partial charge < -0.3 is 25.1 Å². The van der Waals surface area contributed by atoms with Crippen molar-refractivity contribution in [2.75, 3.05) is 18.5 Å². The molecule has 2 aromatic heterocycles. The Balaban J connectivity index is 1.84. The number of carbonyl (C=O) groups excluding carboxylic acids is 1. The zero-order valence-corrected chi connectivity index (χ0v) is 17.5. The molecule has 1 aromatic carbocycles. The number of H-pyrrole nitrogens is 1. The van der Waals surface area contributed by atoms with Crippen molar-refractivity contribution in [3.63, 3.8) is 0 Å². The van der Waals surface area contributed by atoms with Crippen molar-refractivity contribution in [2.45, 2.75) is 33.0 Å². The number of nitrogens with zero attached hydrogens (tertiary/aromatic N) is 1. The number of rotatable bonds is 8. The molecule has 3 aromatic rings. The number of nitrogens with one attached hydrogen (secondary N) is 3. The van der Waals surface area contributed by atoms with Crippen LogP contribution in [0.2, 0.25) is 0 Å². The molecular formula is C23H25FN4O3. The monoisotopic (exact) mass is 424 g/mol. The van der Waals surface area contributed by atoms with Crippen LogP contribution in [0.15, 0.2) is 42.7 Å². The van der Waals surface area contributed by atoms with Crippen LogP contribution in [-0.2, 0) is 6.42 Å². The van der Waals surface area contributed by atoms with Crippen molar-refractivity contribution in [3.05, 3.63) is 54.0 Å². The predicted molar refractivity (Wildman–Crippen MR) is 117 cm³/mol. The third kappa shape index (κ3) is 4.33. The number of halogens is 1. The summed E-state index contributed by atoms with van der Waals surface area (Å²) < 4.78 is 24.8. The molecule has 162 valence electrons. The van der Waals surface area contributed by atoms with E-state index in [1.165, 1.54) is 6.92 Å². The smallest absolute Gasteiger partial charge is 0.255 e. The second-order valence-corrected chi connectivity index (χ2v) is 7.24. The highest BCUT2D eigenvalue weighted by Gasteiger charge is 2.28. The van der Waals surface area contributed by atoms with Gasteiger partial charge in [-0.25, -0.2) is 4.39 Å². The summed E-state index contributed by atoms with van der Waals surface area (Å²) in [5.74, 6) is 0.800. The molecule has 4 rings (SSSR count). The Morgan fingerprint density at radius 1 is 1.26 bits per heavy atom. The Morgan fingerprint density at radius 3 is 2.90 bits per heavy atom. The summed E-state index contributed by atoms with van der Waals surface area (Å²) in [6.07, 6.45) is 3.40. The maximum absolute atomic E-state index is 13.6. The standard InChI is InChI=1S/C23H25FN4O3/c1-3-12-30-19-13-25-10-8-15(19)21-22(20-17(28-21)9-11-26-23(20)29)27-16-6-4-5-7-18(16)31-14(2)24/h4-8,10,13-14,27-28H,3,9,11-12H2,1-2H3,(H,26,29). The third-order valence-electron chi connectivity index (χ3n) is 4.92. The molecule has 31 heavy (non-hydrogen) atoms. The maximum Gasteiger partial charge on any atom is 0.255 e. The third-order valence-corrected chi connectivity index (χ3v) is 4.92. The number of aromatic amines is 1. The fourth-order valence-electron chi connectivity index (χ4n) is 3.60. The van der Waals surface area contributed by atoms with Gasteiger partial charge in [0, 0.05) is 37.3 Å². The Hall–Kier alpha value is -3.55. The number of carbonyl (C=O) groups is 1. The predicted octanol–water partition coefficient (Wildman–Crippen LogP) is 4.59. The van der Waals surface area contributed by atoms with E-state index in [4.69, 9.17) is 9.47 Å². The lowest BCUT2D eigenvalue weighted by atomic mass is 10.0. The minimum atomic E-state index is -1.47. The lowest BCUT2D eigenvalue weighted by Crippen LogP contribution is -2.31. The molecule has 8 heteroatoms. The van der Waals surface area contributed by atoms with Crippen LogP contribution in [0.4, 0.5) is 15.8 Å². The van der Waals surface area contributed by atoms with E-state index in [1.54, 1.807) is 30.6 Å². The molecule has 0 aliphatic carbocycles. The average Bonchev–Trinajstić information content (AvgIpc) is 3.13. The minimum absolute atomic E-state index is 0.173. The Morgan fingerprint density at radius 2 is 2.10 bits per heavy atom. The zero-order valence-electron chi connectivity index (χ0n) is 17.5. The number of benzene rings is 1. The minimum Gasteiger partial charge on any atom is -0.491 e. The Kier molecular flexibility index (Phi) is 6.06. The van der Waals surface area contributed by atoms with E-state index in [9.17, 15) is 9.18 Å². The number of para-hydroxylation sites is 2. The first-order chi connectivity index (χ1) is 15.1. The molecule has 0 fully saturated rings. The van der Waals surface area contributed by atoms with Crippen LogP contribution < -0.4 is 20.1 Å². The van der Waals surface area contributed by atoms with Crippen LogP contribution in [0.25, 0.3) is 11.3 Å². The average molecular weight is 424 g/mol. The fraction of sp³-hybridized carbons (Fsp3) is 0.304. The summed E-state index contributed by atoms with van der Waals surface area (Å²) in [6.45, 7) is 4.46. The first kappa shape index (κ1) is 20.7. The van der Waals surface area contributed by atoms with Crippen molar-refractivity contribution in [1.82, 2.24) is 15.3 Å². The van der Waals surface area contributed by atoms with Gasteiger partial charge in [-0.15, -0.1) is 0 Å². The number of fused-ring (bicyclic) bond motifs is 1. The summed E-state index contributed by atoms with van der Waals surface area (Å²) in [5.41, 5.74) is 3.99. The summed E-state index contributed by atoms with van der Waals surface area (Å²) in [5, 5.41) is 6.20. The van der Waals surface area contributed by atoms with Gasteiger partial charge in [-0.1, -0.05) is 19.1 Å². The molecule has 7 nitrogen and oxygen atoms in total. The summed E-state index contributed by atoms with van der Waals surface area (Å²) >= 11 is 0. The van der Waals surface area contributed by atoms with E-state index in [0.717, 1.165) is 17.7 Å². The lowest BCUT2D eigenvalue weighted by Gasteiger charge is -2.18. The second-order valence-electron chi connectivity index (χ2n) is 7.24. The largest absolute Gasteiger partial charge is 0.491 e. The van der Waals surface area contributed by atoms with E-state index < -0.39 is 6.36 Å². The molecule has 1 aliphatic rings. The Labute approximate surface area is 180 Å². The highest BCUT2D eigenvalue weighted by Crippen LogP contribution is 2.41. The molecule has 0 saturated heterocycles. The number of ether oxygens (including phenoxy) is 2. The van der Waals surface area contributed by atoms with Crippen LogP contribution >= 0.6 is 0 Å². The number of hydrogen-bond acceptors (Lipinski definition) is 5. The van der Waals surface area contributed by atoms with Gasteiger partial charge in [0.05, 0.1) is 35.4 Å². The van der Waals surface area contributed by atoms with Crippen LogP contribution in [-0.4, -0.2) is 35.4 Å². The lowest BCUT2D eigenvalue weighted by molar-refractivity contribution is 0.0867. The van der Waals surface area contributed by atoms with Gasteiger partial charge in [-0.2, -0.15) is 0 Å². The van der Waals surface area contributed by atoms with E-state index >= 15 is 0 Å². The molecule has 1 amide bonds. The first-order valence-corrected chi connectivity index (χ1v) is 10.4. The number of pyridine rings is 1. The highest BCUT2D eigenvalue weighted by atomic mass is 19.1. The van der Waals surface area contributed by atoms with Crippen molar-refractivity contribution < 1.29 is 18.7 Å². The first-order valence-electron chi connectivity index (χ1n) is 10.4. The van der Waals surface area contributed by atoms with Crippen molar-refractivity contribution in [2.24, 2.45) is 0 Å². The van der Waals surface area contributed by atoms with Crippen LogP contribution in [0, 0.1) is 0 Å². The topological polar surface area (TPSA) is 88.3 Å². The van der Waals surface area contributed by atoms with E-state index in [1.807, 2.05) is 19.1 Å². The molecule has 0 radical (unpaired) electrons. The van der Waals surface area contributed by atoms with E-state index in [0.29, 0.717) is 53.7 Å². The quantitative estimate of drug-likeness (QED) is 0.492. The van der Waals surface area contributed by atoms with Crippen LogP contribution in [0.3, 0.4) is 0 Å². The molecule has 3 N–H and O–H groups in total. The van der Waals surface area contributed by atoms with Gasteiger partial charge in [-0.05, 0) is 24.6 Å². The van der Waals surface area contributed by atoms with Gasteiger partial charge in [-0.3, -0.25) is 9.78 Å². The van der Waals surface area contributed by atoms with Gasteiger partial charge >= 0.3 is 0 Å². The van der Waals surface area contributed by atoms with Gasteiger partial charge in [0.1, 0.15) is 11.5 Å². The molecule has 1 atom stereocenters. The number of aromatic nitrogens is 2. The molecule has 1 unspecified atom stereocenters. The second kappa shape index (κ2) is 9.07. The SMILES string of the molecule is CCCOc1cnccc1-c1[nH]c2c(c1Nc1ccccc1OC(C)F)C(=O)NCC2.